The molecule has 0 atom stereocenters. The van der Waals surface area contributed by atoms with Crippen molar-refractivity contribution in [3.8, 4) is 0 Å². The molecule has 3 rings (SSSR count). The number of hydrogen-bond acceptors (Lipinski definition) is 4. The SMILES string of the molecule is O=C(CO)Nc1ccc2ncn(CCc3ccc(Cl)c(C(F)(F)F)c3)c(=O)c2c1. The van der Waals surface area contributed by atoms with Crippen molar-refractivity contribution >= 4 is 34.1 Å². The summed E-state index contributed by atoms with van der Waals surface area (Å²) in [6.45, 7) is -0.593. The number of amides is 1. The summed E-state index contributed by atoms with van der Waals surface area (Å²) in [5.74, 6) is -0.628. The molecule has 0 unspecified atom stereocenters. The second kappa shape index (κ2) is 8.22. The van der Waals surface area contributed by atoms with Crippen LogP contribution in [-0.2, 0) is 23.9 Å². The van der Waals surface area contributed by atoms with Crippen LogP contribution < -0.4 is 10.9 Å². The molecule has 0 aliphatic carbocycles. The summed E-state index contributed by atoms with van der Waals surface area (Å²) < 4.78 is 40.2. The Kier molecular flexibility index (Phi) is 5.90. The maximum absolute atomic E-state index is 13.0. The summed E-state index contributed by atoms with van der Waals surface area (Å²) in [5.41, 5.74) is -0.234. The van der Waals surface area contributed by atoms with Gasteiger partial charge in [0.1, 0.15) is 6.61 Å². The smallest absolute Gasteiger partial charge is 0.387 e. The molecule has 0 saturated heterocycles. The Bertz CT molecular complexity index is 1130. The topological polar surface area (TPSA) is 84.2 Å². The van der Waals surface area contributed by atoms with Gasteiger partial charge in [0, 0.05) is 12.2 Å². The Morgan fingerprint density at radius 2 is 1.97 bits per heavy atom. The van der Waals surface area contributed by atoms with E-state index in [1.54, 1.807) is 12.1 Å². The zero-order valence-electron chi connectivity index (χ0n) is 14.8. The number of aliphatic hydroxyl groups excluding tert-OH is 1. The van der Waals surface area contributed by atoms with Crippen molar-refractivity contribution in [1.82, 2.24) is 9.55 Å². The number of halogens is 4. The van der Waals surface area contributed by atoms with Crippen LogP contribution in [0.3, 0.4) is 0 Å². The van der Waals surface area contributed by atoms with E-state index in [1.807, 2.05) is 0 Å². The highest BCUT2D eigenvalue weighted by Crippen LogP contribution is 2.35. The predicted molar refractivity (Wildman–Crippen MR) is 102 cm³/mol. The lowest BCUT2D eigenvalue weighted by Gasteiger charge is -2.12. The van der Waals surface area contributed by atoms with Crippen LogP contribution in [0.25, 0.3) is 10.9 Å². The van der Waals surface area contributed by atoms with Crippen molar-refractivity contribution in [2.75, 3.05) is 11.9 Å². The van der Waals surface area contributed by atoms with Crippen LogP contribution in [0, 0.1) is 0 Å². The summed E-state index contributed by atoms with van der Waals surface area (Å²) in [6, 6.07) is 8.13. The maximum Gasteiger partial charge on any atom is 0.417 e. The first-order valence-corrected chi connectivity index (χ1v) is 8.82. The van der Waals surface area contributed by atoms with Gasteiger partial charge in [-0.25, -0.2) is 4.98 Å². The quantitative estimate of drug-likeness (QED) is 0.657. The van der Waals surface area contributed by atoms with Crippen LogP contribution in [0.2, 0.25) is 5.02 Å². The number of carbonyl (C=O) groups excluding carboxylic acids is 1. The number of anilines is 1. The summed E-state index contributed by atoms with van der Waals surface area (Å²) in [6.07, 6.45) is -3.09. The molecule has 0 bridgehead atoms. The zero-order valence-corrected chi connectivity index (χ0v) is 15.6. The highest BCUT2D eigenvalue weighted by atomic mass is 35.5. The second-order valence-corrected chi connectivity index (χ2v) is 6.65. The van der Waals surface area contributed by atoms with E-state index in [0.29, 0.717) is 16.8 Å². The van der Waals surface area contributed by atoms with Crippen LogP contribution in [-0.4, -0.2) is 27.2 Å². The maximum atomic E-state index is 13.0. The Balaban J connectivity index is 1.86. The highest BCUT2D eigenvalue weighted by molar-refractivity contribution is 6.31. The highest BCUT2D eigenvalue weighted by Gasteiger charge is 2.33. The molecule has 2 aromatic carbocycles. The molecule has 0 spiro atoms. The summed E-state index contributed by atoms with van der Waals surface area (Å²) in [7, 11) is 0. The minimum absolute atomic E-state index is 0.105. The second-order valence-electron chi connectivity index (χ2n) is 6.24. The van der Waals surface area contributed by atoms with Gasteiger partial charge in [0.2, 0.25) is 5.91 Å². The lowest BCUT2D eigenvalue weighted by atomic mass is 10.1. The largest absolute Gasteiger partial charge is 0.417 e. The van der Waals surface area contributed by atoms with Crippen LogP contribution in [0.15, 0.2) is 47.5 Å². The molecule has 29 heavy (non-hydrogen) atoms. The fourth-order valence-corrected chi connectivity index (χ4v) is 3.02. The molecule has 0 aliphatic rings. The van der Waals surface area contributed by atoms with Gasteiger partial charge in [-0.05, 0) is 42.3 Å². The third-order valence-corrected chi connectivity index (χ3v) is 4.56. The van der Waals surface area contributed by atoms with Crippen LogP contribution in [0.4, 0.5) is 18.9 Å². The molecule has 152 valence electrons. The van der Waals surface area contributed by atoms with E-state index in [2.05, 4.69) is 10.3 Å². The number of nitrogens with zero attached hydrogens (tertiary/aromatic N) is 2. The monoisotopic (exact) mass is 425 g/mol. The van der Waals surface area contributed by atoms with E-state index < -0.39 is 29.8 Å². The van der Waals surface area contributed by atoms with Crippen molar-refractivity contribution in [2.45, 2.75) is 19.1 Å². The minimum atomic E-state index is -4.57. The van der Waals surface area contributed by atoms with E-state index in [0.717, 1.165) is 6.07 Å². The fourth-order valence-electron chi connectivity index (χ4n) is 2.79. The molecule has 3 aromatic rings. The van der Waals surface area contributed by atoms with E-state index in [-0.39, 0.29) is 23.4 Å². The Morgan fingerprint density at radius 3 is 2.66 bits per heavy atom. The number of aromatic nitrogens is 2. The van der Waals surface area contributed by atoms with Crippen LogP contribution >= 0.6 is 11.6 Å². The molecule has 10 heteroatoms. The van der Waals surface area contributed by atoms with Gasteiger partial charge in [0.05, 0.1) is 27.8 Å². The molecule has 0 fully saturated rings. The van der Waals surface area contributed by atoms with Gasteiger partial charge in [-0.2, -0.15) is 13.2 Å². The number of carbonyl (C=O) groups is 1. The molecule has 0 aliphatic heterocycles. The van der Waals surface area contributed by atoms with Crippen LogP contribution in [0.1, 0.15) is 11.1 Å². The Labute approximate surface area is 167 Å². The molecule has 2 N–H and O–H groups in total. The first-order valence-electron chi connectivity index (χ1n) is 8.44. The first kappa shape index (κ1) is 20.8. The molecule has 1 amide bonds. The van der Waals surface area contributed by atoms with E-state index in [9.17, 15) is 22.8 Å². The minimum Gasteiger partial charge on any atom is -0.387 e. The molecule has 0 radical (unpaired) electrons. The average Bonchev–Trinajstić information content (AvgIpc) is 2.68. The van der Waals surface area contributed by atoms with E-state index in [4.69, 9.17) is 16.7 Å². The molecule has 6 nitrogen and oxygen atoms in total. The zero-order chi connectivity index (χ0) is 21.2. The average molecular weight is 426 g/mol. The molecular formula is C19H15ClF3N3O3. The standard InChI is InChI=1S/C19H15ClF3N3O3/c20-15-3-1-11(7-14(15)19(21,22)23)5-6-26-10-24-16-4-2-12(25-17(28)9-27)8-13(16)18(26)29/h1-4,7-8,10,27H,5-6,9H2,(H,25,28). The van der Waals surface area contributed by atoms with Gasteiger partial charge in [0.15, 0.2) is 0 Å². The van der Waals surface area contributed by atoms with E-state index >= 15 is 0 Å². The normalized spacial score (nSPS) is 11.6. The third-order valence-electron chi connectivity index (χ3n) is 4.23. The molecule has 1 heterocycles. The number of nitrogens with one attached hydrogen (secondary N) is 1. The number of aliphatic hydroxyl groups is 1. The number of rotatable bonds is 5. The Morgan fingerprint density at radius 1 is 1.21 bits per heavy atom. The summed E-state index contributed by atoms with van der Waals surface area (Å²) in [5, 5.41) is 11.1. The number of fused-ring (bicyclic) bond motifs is 1. The van der Waals surface area contributed by atoms with Crippen molar-refractivity contribution < 1.29 is 23.1 Å². The van der Waals surface area contributed by atoms with Crippen molar-refractivity contribution in [1.29, 1.82) is 0 Å². The third kappa shape index (κ3) is 4.75. The van der Waals surface area contributed by atoms with E-state index in [1.165, 1.54) is 29.1 Å². The van der Waals surface area contributed by atoms with Crippen LogP contribution in [0.5, 0.6) is 0 Å². The lowest BCUT2D eigenvalue weighted by molar-refractivity contribution is -0.137. The number of alkyl halides is 3. The lowest BCUT2D eigenvalue weighted by Crippen LogP contribution is -2.22. The summed E-state index contributed by atoms with van der Waals surface area (Å²) in [4.78, 5) is 28.2. The van der Waals surface area contributed by atoms with Crippen molar-refractivity contribution in [2.24, 2.45) is 0 Å². The number of benzene rings is 2. The number of hydrogen-bond donors (Lipinski definition) is 2. The number of aryl methyl sites for hydroxylation is 2. The molecule has 1 aromatic heterocycles. The van der Waals surface area contributed by atoms with Gasteiger partial charge in [-0.1, -0.05) is 17.7 Å². The van der Waals surface area contributed by atoms with Crippen molar-refractivity contribution in [3.05, 3.63) is 69.2 Å². The van der Waals surface area contributed by atoms with Gasteiger partial charge in [0.25, 0.3) is 5.56 Å². The Hall–Kier alpha value is -2.91. The fraction of sp³-hybridized carbons (Fsp3) is 0.211. The predicted octanol–water partition coefficient (Wildman–Crippen LogP) is 3.24. The van der Waals surface area contributed by atoms with Crippen molar-refractivity contribution in [3.63, 3.8) is 0 Å². The molecule has 0 saturated carbocycles. The molecular weight excluding hydrogens is 411 g/mol. The van der Waals surface area contributed by atoms with Gasteiger partial charge in [-0.3, -0.25) is 14.2 Å². The van der Waals surface area contributed by atoms with Gasteiger partial charge >= 0.3 is 6.18 Å². The van der Waals surface area contributed by atoms with Gasteiger partial charge < -0.3 is 10.4 Å². The van der Waals surface area contributed by atoms with Gasteiger partial charge in [-0.15, -0.1) is 0 Å². The first-order chi connectivity index (χ1) is 13.7. The summed E-state index contributed by atoms with van der Waals surface area (Å²) >= 11 is 5.62.